The number of benzene rings is 2. The molecule has 134 valence electrons. The van der Waals surface area contributed by atoms with Crippen LogP contribution in [0, 0.1) is 5.82 Å². The Hall–Kier alpha value is -2.31. The number of hydrogen-bond donors (Lipinski definition) is 0. The van der Waals surface area contributed by atoms with Gasteiger partial charge < -0.3 is 4.74 Å². The summed E-state index contributed by atoms with van der Waals surface area (Å²) in [5, 5.41) is 0.985. The summed E-state index contributed by atoms with van der Waals surface area (Å²) in [6.45, 7) is 0. The predicted octanol–water partition coefficient (Wildman–Crippen LogP) is 4.79. The highest BCUT2D eigenvalue weighted by atomic mass is 35.5. The molecule has 0 spiro atoms. The van der Waals surface area contributed by atoms with Crippen LogP contribution in [0.5, 0.6) is 0 Å². The summed E-state index contributed by atoms with van der Waals surface area (Å²) in [5.41, 5.74) is 1.33. The number of para-hydroxylation sites is 1. The first-order valence-corrected chi connectivity index (χ1v) is 9.28. The van der Waals surface area contributed by atoms with E-state index in [-0.39, 0.29) is 17.4 Å². The zero-order valence-corrected chi connectivity index (χ0v) is 15.4. The molecule has 0 N–H and O–H groups in total. The van der Waals surface area contributed by atoms with Gasteiger partial charge >= 0.3 is 5.97 Å². The number of thioether (sulfide) groups is 1. The third kappa shape index (κ3) is 3.61. The van der Waals surface area contributed by atoms with E-state index in [1.807, 2.05) is 0 Å². The molecule has 0 saturated carbocycles. The van der Waals surface area contributed by atoms with Crippen LogP contribution in [0.2, 0.25) is 5.02 Å². The van der Waals surface area contributed by atoms with Gasteiger partial charge in [0.2, 0.25) is 5.91 Å². The lowest BCUT2D eigenvalue weighted by molar-refractivity contribution is 0.0603. The molecule has 1 heterocycles. The first kappa shape index (κ1) is 18.5. The van der Waals surface area contributed by atoms with Crippen LogP contribution >= 0.6 is 23.4 Å². The van der Waals surface area contributed by atoms with Crippen LogP contribution in [0.15, 0.2) is 48.7 Å². The summed E-state index contributed by atoms with van der Waals surface area (Å²) in [5.74, 6) is -0.714. The molecule has 0 radical (unpaired) electrons. The van der Waals surface area contributed by atoms with Crippen LogP contribution in [0.1, 0.15) is 20.7 Å². The van der Waals surface area contributed by atoms with Gasteiger partial charge in [0.25, 0.3) is 0 Å². The number of nitrogens with zero attached hydrogens (tertiary/aromatic N) is 1. The monoisotopic (exact) mass is 391 g/mol. The number of hydrogen-bond acceptors (Lipinski definition) is 4. The first-order chi connectivity index (χ1) is 12.5. The van der Waals surface area contributed by atoms with Crippen molar-refractivity contribution in [3.8, 4) is 0 Å². The van der Waals surface area contributed by atoms with Crippen LogP contribution in [0.25, 0.3) is 10.9 Å². The van der Waals surface area contributed by atoms with Crippen LogP contribution in [-0.4, -0.2) is 29.3 Å². The topological polar surface area (TPSA) is 48.3 Å². The summed E-state index contributed by atoms with van der Waals surface area (Å²) in [6, 6.07) is 11.6. The van der Waals surface area contributed by atoms with Crippen molar-refractivity contribution in [2.75, 3.05) is 12.9 Å². The highest BCUT2D eigenvalue weighted by Gasteiger charge is 2.18. The van der Waals surface area contributed by atoms with Crippen molar-refractivity contribution in [2.24, 2.45) is 0 Å². The predicted molar refractivity (Wildman–Crippen MR) is 101 cm³/mol. The molecule has 26 heavy (non-hydrogen) atoms. The second kappa shape index (κ2) is 7.93. The minimum absolute atomic E-state index is 0.115. The van der Waals surface area contributed by atoms with Crippen LogP contribution in [0.4, 0.5) is 4.39 Å². The molecule has 0 fully saturated rings. The van der Waals surface area contributed by atoms with Crippen molar-refractivity contribution in [1.82, 2.24) is 4.57 Å². The second-order valence-electron chi connectivity index (χ2n) is 5.51. The fourth-order valence-corrected chi connectivity index (χ4v) is 3.86. The number of rotatable bonds is 5. The molecule has 2 aromatic carbocycles. The van der Waals surface area contributed by atoms with Crippen molar-refractivity contribution in [1.29, 1.82) is 0 Å². The van der Waals surface area contributed by atoms with Crippen molar-refractivity contribution in [3.05, 3.63) is 70.6 Å². The highest BCUT2D eigenvalue weighted by Crippen LogP contribution is 2.26. The van der Waals surface area contributed by atoms with E-state index in [0.29, 0.717) is 27.1 Å². The van der Waals surface area contributed by atoms with Crippen LogP contribution < -0.4 is 0 Å². The Bertz CT molecular complexity index is 966. The average molecular weight is 392 g/mol. The van der Waals surface area contributed by atoms with E-state index < -0.39 is 11.8 Å². The lowest BCUT2D eigenvalue weighted by Crippen LogP contribution is -2.12. The molecule has 4 nitrogen and oxygen atoms in total. The molecule has 3 rings (SSSR count). The molecular formula is C19H15ClFNO3S. The van der Waals surface area contributed by atoms with Crippen molar-refractivity contribution < 1.29 is 18.7 Å². The van der Waals surface area contributed by atoms with Gasteiger partial charge in [-0.3, -0.25) is 9.36 Å². The normalized spacial score (nSPS) is 10.9. The van der Waals surface area contributed by atoms with Crippen molar-refractivity contribution >= 4 is 46.1 Å². The first-order valence-electron chi connectivity index (χ1n) is 7.75. The quantitative estimate of drug-likeness (QED) is 0.586. The van der Waals surface area contributed by atoms with E-state index in [0.717, 1.165) is 0 Å². The molecule has 0 saturated heterocycles. The Morgan fingerprint density at radius 3 is 2.69 bits per heavy atom. The molecule has 0 aliphatic rings. The van der Waals surface area contributed by atoms with E-state index >= 15 is 0 Å². The number of esters is 1. The number of halogens is 2. The minimum Gasteiger partial charge on any atom is -0.465 e. The van der Waals surface area contributed by atoms with Crippen molar-refractivity contribution in [2.45, 2.75) is 5.75 Å². The van der Waals surface area contributed by atoms with Gasteiger partial charge in [0, 0.05) is 27.9 Å². The fourth-order valence-electron chi connectivity index (χ4n) is 2.64. The number of ether oxygens (including phenoxy) is 1. The third-order valence-corrected chi connectivity index (χ3v) is 5.22. The van der Waals surface area contributed by atoms with Gasteiger partial charge in [-0.05, 0) is 18.2 Å². The summed E-state index contributed by atoms with van der Waals surface area (Å²) in [6.07, 6.45) is 1.48. The van der Waals surface area contributed by atoms with E-state index in [1.54, 1.807) is 30.3 Å². The molecule has 7 heteroatoms. The molecule has 0 unspecified atom stereocenters. The van der Waals surface area contributed by atoms with E-state index in [2.05, 4.69) is 0 Å². The van der Waals surface area contributed by atoms with E-state index in [1.165, 1.54) is 41.8 Å². The van der Waals surface area contributed by atoms with Crippen LogP contribution in [-0.2, 0) is 10.5 Å². The Labute approximate surface area is 158 Å². The molecule has 0 bridgehead atoms. The Morgan fingerprint density at radius 1 is 1.19 bits per heavy atom. The smallest absolute Gasteiger partial charge is 0.340 e. The van der Waals surface area contributed by atoms with E-state index in [9.17, 15) is 14.0 Å². The molecule has 0 atom stereocenters. The number of carbonyl (C=O) groups excluding carboxylic acids is 2. The highest BCUT2D eigenvalue weighted by molar-refractivity contribution is 7.99. The van der Waals surface area contributed by atoms with Gasteiger partial charge in [-0.15, -0.1) is 11.8 Å². The molecule has 3 aromatic rings. The maximum atomic E-state index is 13.8. The zero-order chi connectivity index (χ0) is 18.7. The molecule has 0 amide bonds. The van der Waals surface area contributed by atoms with Crippen LogP contribution in [0.3, 0.4) is 0 Å². The Morgan fingerprint density at radius 2 is 1.96 bits per heavy atom. The SMILES string of the molecule is COC(=O)c1cn(C(=O)CSCc2c(F)cccc2Cl)c2ccccc12. The summed E-state index contributed by atoms with van der Waals surface area (Å²) in [4.78, 5) is 24.5. The maximum Gasteiger partial charge on any atom is 0.340 e. The van der Waals surface area contributed by atoms with Gasteiger partial charge in [-0.1, -0.05) is 35.9 Å². The lowest BCUT2D eigenvalue weighted by atomic mass is 10.2. The fraction of sp³-hybridized carbons (Fsp3) is 0.158. The van der Waals surface area contributed by atoms with E-state index in [4.69, 9.17) is 16.3 Å². The maximum absolute atomic E-state index is 13.8. The summed E-state index contributed by atoms with van der Waals surface area (Å²) < 4.78 is 20.0. The zero-order valence-electron chi connectivity index (χ0n) is 13.9. The summed E-state index contributed by atoms with van der Waals surface area (Å²) in [7, 11) is 1.30. The van der Waals surface area contributed by atoms with Gasteiger partial charge in [0.15, 0.2) is 0 Å². The van der Waals surface area contributed by atoms with Gasteiger partial charge in [-0.25, -0.2) is 9.18 Å². The second-order valence-corrected chi connectivity index (χ2v) is 6.90. The van der Waals surface area contributed by atoms with Gasteiger partial charge in [0.1, 0.15) is 5.82 Å². The van der Waals surface area contributed by atoms with Gasteiger partial charge in [0.05, 0.1) is 23.9 Å². The Balaban J connectivity index is 1.79. The Kier molecular flexibility index (Phi) is 5.64. The average Bonchev–Trinajstić information content (AvgIpc) is 3.03. The summed E-state index contributed by atoms with van der Waals surface area (Å²) >= 11 is 7.26. The lowest BCUT2D eigenvalue weighted by Gasteiger charge is -2.06. The molecule has 1 aromatic heterocycles. The number of aromatic nitrogens is 1. The largest absolute Gasteiger partial charge is 0.465 e. The number of methoxy groups -OCH3 is 1. The number of fused-ring (bicyclic) bond motifs is 1. The molecular weight excluding hydrogens is 377 g/mol. The van der Waals surface area contributed by atoms with Gasteiger partial charge in [-0.2, -0.15) is 0 Å². The number of carbonyl (C=O) groups is 2. The van der Waals surface area contributed by atoms with Crippen molar-refractivity contribution in [3.63, 3.8) is 0 Å². The third-order valence-electron chi connectivity index (χ3n) is 3.92. The minimum atomic E-state index is -0.501. The molecule has 0 aliphatic heterocycles. The standard InChI is InChI=1S/C19H15ClFNO3S/c1-25-19(24)13-9-22(17-8-3-2-5-12(13)17)18(23)11-26-10-14-15(20)6-4-7-16(14)21/h2-9H,10-11H2,1H3. The molecule has 0 aliphatic carbocycles.